The Labute approximate surface area is 153 Å². The van der Waals surface area contributed by atoms with Gasteiger partial charge in [-0.1, -0.05) is 59.7 Å². The SMILES string of the molecule is Cc1cccc(CSCCNC(=O)CSCc2cccc(C)c2)c1. The Morgan fingerprint density at radius 1 is 0.917 bits per heavy atom. The van der Waals surface area contributed by atoms with Crippen LogP contribution in [0.15, 0.2) is 48.5 Å². The Kier molecular flexibility index (Phi) is 8.26. The first-order chi connectivity index (χ1) is 11.6. The van der Waals surface area contributed by atoms with Crippen molar-refractivity contribution in [3.63, 3.8) is 0 Å². The quantitative estimate of drug-likeness (QED) is 0.664. The lowest BCUT2D eigenvalue weighted by Crippen LogP contribution is -2.27. The Hall–Kier alpha value is -1.39. The van der Waals surface area contributed by atoms with E-state index in [0.29, 0.717) is 5.75 Å². The lowest BCUT2D eigenvalue weighted by atomic mass is 10.2. The number of carbonyl (C=O) groups is 1. The first kappa shape index (κ1) is 18.9. The zero-order chi connectivity index (χ0) is 17.2. The van der Waals surface area contributed by atoms with Crippen LogP contribution in [0.3, 0.4) is 0 Å². The zero-order valence-electron chi connectivity index (χ0n) is 14.4. The van der Waals surface area contributed by atoms with E-state index in [9.17, 15) is 4.79 Å². The summed E-state index contributed by atoms with van der Waals surface area (Å²) in [5.74, 6) is 3.49. The molecule has 2 aromatic carbocycles. The predicted octanol–water partition coefficient (Wildman–Crippen LogP) is 4.59. The van der Waals surface area contributed by atoms with Gasteiger partial charge in [0.2, 0.25) is 5.91 Å². The van der Waals surface area contributed by atoms with Crippen molar-refractivity contribution in [2.24, 2.45) is 0 Å². The van der Waals surface area contributed by atoms with Crippen molar-refractivity contribution >= 4 is 29.4 Å². The molecule has 0 saturated heterocycles. The van der Waals surface area contributed by atoms with E-state index in [-0.39, 0.29) is 5.91 Å². The third-order valence-corrected chi connectivity index (χ3v) is 5.54. The number of hydrogen-bond acceptors (Lipinski definition) is 3. The van der Waals surface area contributed by atoms with Crippen LogP contribution in [0.2, 0.25) is 0 Å². The Balaban J connectivity index is 1.53. The summed E-state index contributed by atoms with van der Waals surface area (Å²) in [7, 11) is 0. The lowest BCUT2D eigenvalue weighted by molar-refractivity contribution is -0.118. The lowest BCUT2D eigenvalue weighted by Gasteiger charge is -2.06. The molecule has 2 aromatic rings. The summed E-state index contributed by atoms with van der Waals surface area (Å²) < 4.78 is 0. The monoisotopic (exact) mass is 359 g/mol. The number of nitrogens with one attached hydrogen (secondary N) is 1. The number of carbonyl (C=O) groups excluding carboxylic acids is 1. The fraction of sp³-hybridized carbons (Fsp3) is 0.350. The first-order valence-corrected chi connectivity index (χ1v) is 10.5. The molecule has 1 N–H and O–H groups in total. The van der Waals surface area contributed by atoms with Crippen LogP contribution in [0, 0.1) is 13.8 Å². The second-order valence-corrected chi connectivity index (χ2v) is 7.96. The van der Waals surface area contributed by atoms with Crippen molar-refractivity contribution < 1.29 is 4.79 Å². The molecule has 0 atom stereocenters. The summed E-state index contributed by atoms with van der Waals surface area (Å²) in [4.78, 5) is 11.8. The van der Waals surface area contributed by atoms with Gasteiger partial charge in [-0.05, 0) is 25.0 Å². The molecule has 0 unspecified atom stereocenters. The second-order valence-electron chi connectivity index (χ2n) is 5.87. The summed E-state index contributed by atoms with van der Waals surface area (Å²) in [5, 5.41) is 3.00. The number of amides is 1. The molecule has 1 amide bonds. The van der Waals surface area contributed by atoms with Crippen molar-refractivity contribution in [2.75, 3.05) is 18.1 Å². The van der Waals surface area contributed by atoms with E-state index in [1.807, 2.05) is 11.8 Å². The minimum atomic E-state index is 0.129. The third kappa shape index (κ3) is 7.45. The van der Waals surface area contributed by atoms with Crippen LogP contribution < -0.4 is 5.32 Å². The largest absolute Gasteiger partial charge is 0.355 e. The molecule has 0 radical (unpaired) electrons. The molecule has 0 fully saturated rings. The minimum Gasteiger partial charge on any atom is -0.355 e. The van der Waals surface area contributed by atoms with Crippen molar-refractivity contribution in [1.82, 2.24) is 5.32 Å². The Morgan fingerprint density at radius 2 is 1.50 bits per heavy atom. The van der Waals surface area contributed by atoms with Crippen LogP contribution in [0.25, 0.3) is 0 Å². The van der Waals surface area contributed by atoms with Crippen molar-refractivity contribution in [2.45, 2.75) is 25.4 Å². The summed E-state index contributed by atoms with van der Waals surface area (Å²) in [6.45, 7) is 4.94. The molecule has 0 aromatic heterocycles. The van der Waals surface area contributed by atoms with E-state index < -0.39 is 0 Å². The molecule has 2 nitrogen and oxygen atoms in total. The van der Waals surface area contributed by atoms with Gasteiger partial charge in [0.25, 0.3) is 0 Å². The van der Waals surface area contributed by atoms with Crippen molar-refractivity contribution in [1.29, 1.82) is 0 Å². The Bertz CT molecular complexity index is 658. The van der Waals surface area contributed by atoms with Gasteiger partial charge in [-0.2, -0.15) is 11.8 Å². The maximum atomic E-state index is 11.8. The molecule has 128 valence electrons. The van der Waals surface area contributed by atoms with E-state index in [4.69, 9.17) is 0 Å². The van der Waals surface area contributed by atoms with E-state index in [1.54, 1.807) is 11.8 Å². The fourth-order valence-corrected chi connectivity index (χ4v) is 3.98. The summed E-state index contributed by atoms with van der Waals surface area (Å²) in [5.41, 5.74) is 5.19. The number of hydrogen-bond donors (Lipinski definition) is 1. The predicted molar refractivity (Wildman–Crippen MR) is 108 cm³/mol. The molecular formula is C20H25NOS2. The van der Waals surface area contributed by atoms with Gasteiger partial charge in [0, 0.05) is 23.8 Å². The highest BCUT2D eigenvalue weighted by atomic mass is 32.2. The highest BCUT2D eigenvalue weighted by molar-refractivity contribution is 7.99. The molecule has 0 aliphatic carbocycles. The number of aryl methyl sites for hydroxylation is 2. The third-order valence-electron chi connectivity index (χ3n) is 3.50. The average molecular weight is 360 g/mol. The number of thioether (sulfide) groups is 2. The van der Waals surface area contributed by atoms with Crippen LogP contribution >= 0.6 is 23.5 Å². The van der Waals surface area contributed by atoms with Crippen LogP contribution in [0.4, 0.5) is 0 Å². The maximum absolute atomic E-state index is 11.8. The van der Waals surface area contributed by atoms with Crippen molar-refractivity contribution in [3.05, 3.63) is 70.8 Å². The minimum absolute atomic E-state index is 0.129. The summed E-state index contributed by atoms with van der Waals surface area (Å²) >= 11 is 3.52. The van der Waals surface area contributed by atoms with E-state index in [2.05, 4.69) is 67.7 Å². The second kappa shape index (κ2) is 10.5. The molecule has 2 rings (SSSR count). The van der Waals surface area contributed by atoms with Gasteiger partial charge >= 0.3 is 0 Å². The van der Waals surface area contributed by atoms with Gasteiger partial charge in [-0.3, -0.25) is 4.79 Å². The number of benzene rings is 2. The van der Waals surface area contributed by atoms with Crippen LogP contribution in [0.5, 0.6) is 0 Å². The highest BCUT2D eigenvalue weighted by Crippen LogP contribution is 2.14. The molecule has 4 heteroatoms. The Morgan fingerprint density at radius 3 is 2.08 bits per heavy atom. The van der Waals surface area contributed by atoms with Gasteiger partial charge in [-0.15, -0.1) is 11.8 Å². The average Bonchev–Trinajstić information content (AvgIpc) is 2.55. The zero-order valence-corrected chi connectivity index (χ0v) is 16.0. The topological polar surface area (TPSA) is 29.1 Å². The molecule has 24 heavy (non-hydrogen) atoms. The standard InChI is InChI=1S/C20H25NOS2/c1-16-5-3-7-18(11-16)13-23-10-9-21-20(22)15-24-14-19-8-4-6-17(2)12-19/h3-8,11-12H,9-10,13-15H2,1-2H3,(H,21,22). The molecule has 0 spiro atoms. The number of rotatable bonds is 9. The van der Waals surface area contributed by atoms with Crippen LogP contribution in [-0.4, -0.2) is 24.0 Å². The smallest absolute Gasteiger partial charge is 0.230 e. The van der Waals surface area contributed by atoms with Gasteiger partial charge in [-0.25, -0.2) is 0 Å². The van der Waals surface area contributed by atoms with Crippen LogP contribution in [-0.2, 0) is 16.3 Å². The van der Waals surface area contributed by atoms with Gasteiger partial charge in [0.15, 0.2) is 0 Å². The van der Waals surface area contributed by atoms with Crippen LogP contribution in [0.1, 0.15) is 22.3 Å². The van der Waals surface area contributed by atoms with E-state index in [1.165, 1.54) is 22.3 Å². The normalized spacial score (nSPS) is 10.6. The van der Waals surface area contributed by atoms with Crippen molar-refractivity contribution in [3.8, 4) is 0 Å². The maximum Gasteiger partial charge on any atom is 0.230 e. The highest BCUT2D eigenvalue weighted by Gasteiger charge is 2.02. The molecule has 0 bridgehead atoms. The molecular weight excluding hydrogens is 334 g/mol. The van der Waals surface area contributed by atoms with E-state index >= 15 is 0 Å². The van der Waals surface area contributed by atoms with E-state index in [0.717, 1.165) is 23.8 Å². The molecule has 0 aliphatic heterocycles. The van der Waals surface area contributed by atoms with Gasteiger partial charge < -0.3 is 5.32 Å². The summed E-state index contributed by atoms with van der Waals surface area (Å²) in [6, 6.07) is 17.0. The fourth-order valence-electron chi connectivity index (χ4n) is 2.37. The first-order valence-electron chi connectivity index (χ1n) is 8.17. The van der Waals surface area contributed by atoms with Gasteiger partial charge in [0.05, 0.1) is 5.75 Å². The molecule has 0 aliphatic rings. The van der Waals surface area contributed by atoms with Gasteiger partial charge in [0.1, 0.15) is 0 Å². The summed E-state index contributed by atoms with van der Waals surface area (Å²) in [6.07, 6.45) is 0. The molecule has 0 saturated carbocycles. The molecule has 0 heterocycles.